The minimum Gasteiger partial charge on any atom is -0.390 e. The van der Waals surface area contributed by atoms with Gasteiger partial charge in [-0.15, -0.1) is 0 Å². The lowest BCUT2D eigenvalue weighted by molar-refractivity contribution is -0.0556. The maximum atomic E-state index is 14.1. The number of hydrogen-bond donors (Lipinski definition) is 2. The lowest BCUT2D eigenvalue weighted by Gasteiger charge is -2.19. The predicted molar refractivity (Wildman–Crippen MR) is 132 cm³/mol. The van der Waals surface area contributed by atoms with Gasteiger partial charge in [-0.2, -0.15) is 8.78 Å². The molecule has 10 heteroatoms. The summed E-state index contributed by atoms with van der Waals surface area (Å²) < 4.78 is 31.7. The lowest BCUT2D eigenvalue weighted by Crippen LogP contribution is -2.21. The normalized spacial score (nSPS) is 14.7. The van der Waals surface area contributed by atoms with E-state index < -0.39 is 18.6 Å². The third kappa shape index (κ3) is 4.17. The summed E-state index contributed by atoms with van der Waals surface area (Å²) in [5, 5.41) is 12.5. The van der Waals surface area contributed by atoms with E-state index in [0.717, 1.165) is 23.5 Å². The van der Waals surface area contributed by atoms with E-state index in [2.05, 4.69) is 19.9 Å². The zero-order valence-corrected chi connectivity index (χ0v) is 20.2. The average Bonchev–Trinajstić information content (AvgIpc) is 3.36. The second-order valence-corrected chi connectivity index (χ2v) is 8.97. The number of aliphatic hydroxyl groups excluding tert-OH is 1. The minimum atomic E-state index is -3.33. The van der Waals surface area contributed by atoms with Crippen LogP contribution in [0.5, 0.6) is 0 Å². The van der Waals surface area contributed by atoms with Gasteiger partial charge in [0.2, 0.25) is 0 Å². The summed E-state index contributed by atoms with van der Waals surface area (Å²) in [5.74, 6) is -1.22. The molecule has 4 heterocycles. The SMILES string of the molecule is Cc1nc2n3c(c(-c4ccn(C)c(=O)c4)cc-2c(=NC(C)c2cccc(C(F)(F)CO)c2)n1)NCC3. The molecule has 5 rings (SSSR count). The Morgan fingerprint density at radius 1 is 1.19 bits per heavy atom. The molecule has 2 N–H and O–H groups in total. The largest absolute Gasteiger partial charge is 0.390 e. The molecule has 0 radical (unpaired) electrons. The molecular weight excluding hydrogens is 466 g/mol. The van der Waals surface area contributed by atoms with Crippen molar-refractivity contribution in [2.45, 2.75) is 32.4 Å². The van der Waals surface area contributed by atoms with Crippen LogP contribution in [0.15, 0.2) is 58.4 Å². The molecule has 1 aromatic heterocycles. The van der Waals surface area contributed by atoms with Crippen molar-refractivity contribution in [3.8, 4) is 22.5 Å². The first kappa shape index (κ1) is 23.8. The molecule has 186 valence electrons. The molecule has 0 spiro atoms. The Bertz CT molecular complexity index is 1560. The predicted octanol–water partition coefficient (Wildman–Crippen LogP) is 3.23. The fourth-order valence-electron chi connectivity index (χ4n) is 4.46. The molecule has 0 aliphatic carbocycles. The Balaban J connectivity index is 1.69. The highest BCUT2D eigenvalue weighted by atomic mass is 19.3. The Kier molecular flexibility index (Phi) is 5.91. The molecule has 2 aromatic rings. The molecule has 0 saturated carbocycles. The average molecular weight is 493 g/mol. The topological polar surface area (TPSA) is 97.3 Å². The highest BCUT2D eigenvalue weighted by Crippen LogP contribution is 2.36. The van der Waals surface area contributed by atoms with E-state index in [1.54, 1.807) is 32.3 Å². The van der Waals surface area contributed by atoms with Crippen molar-refractivity contribution in [3.63, 3.8) is 0 Å². The molecule has 8 nitrogen and oxygen atoms in total. The van der Waals surface area contributed by atoms with Gasteiger partial charge in [0.1, 0.15) is 24.1 Å². The van der Waals surface area contributed by atoms with Gasteiger partial charge in [-0.3, -0.25) is 9.79 Å². The number of nitrogens with one attached hydrogen (secondary N) is 1. The van der Waals surface area contributed by atoms with Crippen LogP contribution in [0, 0.1) is 6.92 Å². The van der Waals surface area contributed by atoms with Crippen molar-refractivity contribution < 1.29 is 13.9 Å². The third-order valence-electron chi connectivity index (χ3n) is 6.44. The number of halogens is 2. The van der Waals surface area contributed by atoms with Gasteiger partial charge in [0.05, 0.1) is 11.6 Å². The van der Waals surface area contributed by atoms with Gasteiger partial charge in [0.15, 0.2) is 5.49 Å². The Morgan fingerprint density at radius 3 is 2.75 bits per heavy atom. The smallest absolute Gasteiger partial charge is 0.295 e. The summed E-state index contributed by atoms with van der Waals surface area (Å²) >= 11 is 0. The number of rotatable bonds is 5. The van der Waals surface area contributed by atoms with Crippen LogP contribution >= 0.6 is 0 Å². The molecule has 3 aliphatic rings. The van der Waals surface area contributed by atoms with Crippen LogP contribution in [0.3, 0.4) is 0 Å². The molecule has 3 aliphatic heterocycles. The first-order valence-electron chi connectivity index (χ1n) is 11.6. The summed E-state index contributed by atoms with van der Waals surface area (Å²) in [7, 11) is 1.70. The fraction of sp³-hybridized carbons (Fsp3) is 0.308. The van der Waals surface area contributed by atoms with Gasteiger partial charge in [-0.1, -0.05) is 18.2 Å². The summed E-state index contributed by atoms with van der Waals surface area (Å²) in [4.78, 5) is 26.4. The first-order chi connectivity index (χ1) is 17.2. The number of aromatic nitrogens is 4. The molecule has 0 fully saturated rings. The van der Waals surface area contributed by atoms with E-state index in [-0.39, 0.29) is 11.1 Å². The number of pyridine rings is 2. The number of hydrogen-bond acceptors (Lipinski definition) is 6. The van der Waals surface area contributed by atoms with Crippen LogP contribution in [-0.2, 0) is 19.5 Å². The Hall–Kier alpha value is -3.92. The van der Waals surface area contributed by atoms with E-state index in [4.69, 9.17) is 10.1 Å². The number of nitrogens with zero attached hydrogens (tertiary/aromatic N) is 5. The number of aliphatic hydroxyl groups is 1. The second kappa shape index (κ2) is 8.94. The number of benzene rings is 1. The van der Waals surface area contributed by atoms with Crippen molar-refractivity contribution in [3.05, 3.63) is 81.5 Å². The van der Waals surface area contributed by atoms with Crippen molar-refractivity contribution in [1.29, 1.82) is 0 Å². The van der Waals surface area contributed by atoms with Crippen molar-refractivity contribution in [2.24, 2.45) is 12.0 Å². The molecule has 1 aromatic carbocycles. The van der Waals surface area contributed by atoms with E-state index in [1.807, 2.05) is 19.1 Å². The van der Waals surface area contributed by atoms with E-state index in [1.165, 1.54) is 22.8 Å². The molecule has 0 saturated heterocycles. The summed E-state index contributed by atoms with van der Waals surface area (Å²) in [6.07, 6.45) is 1.72. The molecule has 0 bridgehead atoms. The van der Waals surface area contributed by atoms with Gasteiger partial charge < -0.3 is 19.6 Å². The van der Waals surface area contributed by atoms with Gasteiger partial charge in [-0.25, -0.2) is 9.97 Å². The third-order valence-corrected chi connectivity index (χ3v) is 6.44. The molecule has 1 unspecified atom stereocenters. The second-order valence-electron chi connectivity index (χ2n) is 8.97. The zero-order chi connectivity index (χ0) is 25.6. The summed E-state index contributed by atoms with van der Waals surface area (Å²) in [5.41, 5.74) is 2.93. The molecule has 36 heavy (non-hydrogen) atoms. The lowest BCUT2D eigenvalue weighted by atomic mass is 10.0. The Morgan fingerprint density at radius 2 is 2.00 bits per heavy atom. The van der Waals surface area contributed by atoms with Crippen LogP contribution < -0.4 is 16.4 Å². The van der Waals surface area contributed by atoms with Crippen LogP contribution in [0.2, 0.25) is 0 Å². The standard InChI is InChI=1S/C26H26F2N6O2/c1-15(17-5-4-6-19(11-17)26(27,28)14-35)30-23-21-13-20(18-7-9-33(3)22(36)12-18)24-29-8-10-34(24)25(21)32-16(2)31-23/h4-7,9,11-13,15,29,35H,8,10,14H2,1-3H3. The van der Waals surface area contributed by atoms with Gasteiger partial charge in [0, 0.05) is 43.5 Å². The number of fused-ring (bicyclic) bond motifs is 3. The quantitative estimate of drug-likeness (QED) is 0.446. The molecular formula is C26H26F2N6O2. The van der Waals surface area contributed by atoms with E-state index >= 15 is 0 Å². The van der Waals surface area contributed by atoms with Crippen LogP contribution in [0.4, 0.5) is 14.6 Å². The summed E-state index contributed by atoms with van der Waals surface area (Å²) in [6, 6.07) is 10.8. The van der Waals surface area contributed by atoms with E-state index in [9.17, 15) is 13.6 Å². The molecule has 1 atom stereocenters. The fourth-order valence-corrected chi connectivity index (χ4v) is 4.46. The Labute approximate surface area is 206 Å². The number of aryl methyl sites for hydroxylation is 2. The van der Waals surface area contributed by atoms with Gasteiger partial charge in [0.25, 0.3) is 11.5 Å². The minimum absolute atomic E-state index is 0.123. The number of alkyl halides is 2. The summed E-state index contributed by atoms with van der Waals surface area (Å²) in [6.45, 7) is 3.74. The van der Waals surface area contributed by atoms with Crippen molar-refractivity contribution in [1.82, 2.24) is 19.1 Å². The van der Waals surface area contributed by atoms with Crippen LogP contribution in [-0.4, -0.2) is 37.4 Å². The zero-order valence-electron chi connectivity index (χ0n) is 20.2. The molecule has 0 amide bonds. The maximum Gasteiger partial charge on any atom is 0.295 e. The van der Waals surface area contributed by atoms with Crippen LogP contribution in [0.1, 0.15) is 29.9 Å². The first-order valence-corrected chi connectivity index (χ1v) is 11.6. The van der Waals surface area contributed by atoms with Gasteiger partial charge in [-0.05, 0) is 43.2 Å². The van der Waals surface area contributed by atoms with Crippen molar-refractivity contribution >= 4 is 5.82 Å². The van der Waals surface area contributed by atoms with Gasteiger partial charge >= 0.3 is 0 Å². The monoisotopic (exact) mass is 492 g/mol. The van der Waals surface area contributed by atoms with E-state index in [0.29, 0.717) is 34.8 Å². The number of anilines is 1. The highest BCUT2D eigenvalue weighted by Gasteiger charge is 2.31. The van der Waals surface area contributed by atoms with Crippen molar-refractivity contribution in [2.75, 3.05) is 18.5 Å². The maximum absolute atomic E-state index is 14.1. The highest BCUT2D eigenvalue weighted by molar-refractivity contribution is 5.82. The van der Waals surface area contributed by atoms with Crippen LogP contribution in [0.25, 0.3) is 22.5 Å².